The van der Waals surface area contributed by atoms with Crippen LogP contribution in [0.3, 0.4) is 0 Å². The molecule has 2 rings (SSSR count). The largest absolute Gasteiger partial charge is 0.493 e. The third-order valence-electron chi connectivity index (χ3n) is 2.20. The lowest BCUT2D eigenvalue weighted by Crippen LogP contribution is -1.89. The van der Waals surface area contributed by atoms with E-state index in [1.165, 1.54) is 6.08 Å². The van der Waals surface area contributed by atoms with Crippen molar-refractivity contribution in [1.29, 1.82) is 0 Å². The monoisotopic (exact) mass is 208 g/mol. The lowest BCUT2D eigenvalue weighted by atomic mass is 10.1. The number of fused-ring (bicyclic) bond motifs is 1. The van der Waals surface area contributed by atoms with Crippen molar-refractivity contribution in [2.75, 3.05) is 6.61 Å². The Hall–Kier alpha value is -1.84. The Morgan fingerprint density at radius 1 is 1.53 bits per heavy atom. The highest BCUT2D eigenvalue weighted by Gasteiger charge is 2.11. The molecule has 0 bridgehead atoms. The fraction of sp³-hybridized carbons (Fsp3) is 0.182. The number of hydrogen-bond donors (Lipinski definition) is 0. The predicted molar refractivity (Wildman–Crippen MR) is 51.9 cm³/mol. The molecule has 78 valence electrons. The summed E-state index contributed by atoms with van der Waals surface area (Å²) in [5, 5.41) is 0. The molecule has 3 nitrogen and oxygen atoms in total. The van der Waals surface area contributed by atoms with Crippen molar-refractivity contribution < 1.29 is 19.0 Å². The first kappa shape index (κ1) is 9.71. The second-order valence-electron chi connectivity index (χ2n) is 3.20. The standard InChI is InChI=1S/C11H9FO3/c12-15-11(13)4-2-8-1-3-10-9(7-8)5-6-14-10/h1-4,7H,5-6H2/b4-2+. The van der Waals surface area contributed by atoms with Crippen LogP contribution in [0.5, 0.6) is 5.75 Å². The van der Waals surface area contributed by atoms with Gasteiger partial charge in [-0.2, -0.15) is 0 Å². The van der Waals surface area contributed by atoms with Crippen LogP contribution in [0.15, 0.2) is 24.3 Å². The van der Waals surface area contributed by atoms with Crippen LogP contribution in [0.4, 0.5) is 4.53 Å². The van der Waals surface area contributed by atoms with E-state index in [0.29, 0.717) is 6.61 Å². The maximum absolute atomic E-state index is 11.4. The molecule has 0 N–H and O–H groups in total. The number of halogens is 1. The molecule has 0 saturated heterocycles. The minimum atomic E-state index is -1.01. The molecular weight excluding hydrogens is 199 g/mol. The van der Waals surface area contributed by atoms with E-state index in [1.807, 2.05) is 12.1 Å². The molecule has 1 heterocycles. The Bertz CT molecular complexity index is 412. The van der Waals surface area contributed by atoms with Gasteiger partial charge in [0, 0.05) is 17.0 Å². The Kier molecular flexibility index (Phi) is 2.67. The van der Waals surface area contributed by atoms with E-state index < -0.39 is 5.97 Å². The van der Waals surface area contributed by atoms with Gasteiger partial charge in [0.1, 0.15) is 5.75 Å². The first-order valence-corrected chi connectivity index (χ1v) is 4.56. The van der Waals surface area contributed by atoms with Crippen LogP contribution < -0.4 is 4.74 Å². The minimum Gasteiger partial charge on any atom is -0.493 e. The van der Waals surface area contributed by atoms with Crippen LogP contribution in [0, 0.1) is 0 Å². The second kappa shape index (κ2) is 4.13. The highest BCUT2D eigenvalue weighted by atomic mass is 19.3. The van der Waals surface area contributed by atoms with Gasteiger partial charge in [0.05, 0.1) is 6.61 Å². The molecule has 0 amide bonds. The van der Waals surface area contributed by atoms with Crippen molar-refractivity contribution in [3.63, 3.8) is 0 Å². The zero-order valence-corrected chi connectivity index (χ0v) is 7.90. The third kappa shape index (κ3) is 2.15. The van der Waals surface area contributed by atoms with Gasteiger partial charge in [-0.25, -0.2) is 4.79 Å². The lowest BCUT2D eigenvalue weighted by molar-refractivity contribution is -0.176. The van der Waals surface area contributed by atoms with Gasteiger partial charge in [0.2, 0.25) is 0 Å². The lowest BCUT2D eigenvalue weighted by Gasteiger charge is -1.98. The van der Waals surface area contributed by atoms with Gasteiger partial charge in [-0.15, -0.1) is 0 Å². The summed E-state index contributed by atoms with van der Waals surface area (Å²) in [6.45, 7) is 0.690. The summed E-state index contributed by atoms with van der Waals surface area (Å²) in [5.41, 5.74) is 1.93. The molecule has 0 aliphatic carbocycles. The number of carbonyl (C=O) groups excluding carboxylic acids is 1. The number of rotatable bonds is 2. The molecule has 0 aromatic heterocycles. The molecule has 4 heteroatoms. The van der Waals surface area contributed by atoms with Gasteiger partial charge < -0.3 is 4.74 Å². The summed E-state index contributed by atoms with van der Waals surface area (Å²) in [4.78, 5) is 13.5. The first-order valence-electron chi connectivity index (χ1n) is 4.56. The van der Waals surface area contributed by atoms with Gasteiger partial charge in [-0.05, 0) is 29.3 Å². The predicted octanol–water partition coefficient (Wildman–Crippen LogP) is 2.06. The molecule has 1 aliphatic heterocycles. The van der Waals surface area contributed by atoms with Gasteiger partial charge in [0.25, 0.3) is 0 Å². The topological polar surface area (TPSA) is 35.5 Å². The van der Waals surface area contributed by atoms with Crippen LogP contribution in [0.2, 0.25) is 0 Å². The number of ether oxygens (including phenoxy) is 1. The smallest absolute Gasteiger partial charge is 0.372 e. The van der Waals surface area contributed by atoms with E-state index in [4.69, 9.17) is 4.74 Å². The fourth-order valence-corrected chi connectivity index (χ4v) is 1.50. The van der Waals surface area contributed by atoms with E-state index in [9.17, 15) is 9.32 Å². The fourth-order valence-electron chi connectivity index (χ4n) is 1.50. The van der Waals surface area contributed by atoms with Crippen LogP contribution in [-0.2, 0) is 16.2 Å². The molecule has 1 aliphatic rings. The van der Waals surface area contributed by atoms with Crippen LogP contribution >= 0.6 is 0 Å². The number of carbonyl (C=O) groups is 1. The van der Waals surface area contributed by atoms with Crippen LogP contribution in [0.1, 0.15) is 11.1 Å². The molecular formula is C11H9FO3. The molecule has 1 aromatic carbocycles. The highest BCUT2D eigenvalue weighted by molar-refractivity contribution is 5.86. The van der Waals surface area contributed by atoms with E-state index in [-0.39, 0.29) is 0 Å². The van der Waals surface area contributed by atoms with Gasteiger partial charge in [-0.1, -0.05) is 6.07 Å². The Balaban J connectivity index is 2.16. The summed E-state index contributed by atoms with van der Waals surface area (Å²) in [6, 6.07) is 5.54. The molecule has 0 saturated carbocycles. The van der Waals surface area contributed by atoms with Crippen molar-refractivity contribution in [3.05, 3.63) is 35.4 Å². The molecule has 0 unspecified atom stereocenters. The van der Waals surface area contributed by atoms with Crippen LogP contribution in [-0.4, -0.2) is 12.6 Å². The molecule has 0 fully saturated rings. The molecule has 0 atom stereocenters. The zero-order chi connectivity index (χ0) is 10.7. The second-order valence-corrected chi connectivity index (χ2v) is 3.20. The molecule has 1 aromatic rings. The summed E-state index contributed by atoms with van der Waals surface area (Å²) >= 11 is 0. The van der Waals surface area contributed by atoms with Crippen molar-refractivity contribution in [2.24, 2.45) is 0 Å². The van der Waals surface area contributed by atoms with Gasteiger partial charge in [-0.3, -0.25) is 4.94 Å². The quantitative estimate of drug-likeness (QED) is 0.698. The van der Waals surface area contributed by atoms with Crippen molar-refractivity contribution >= 4 is 12.0 Å². The van der Waals surface area contributed by atoms with Gasteiger partial charge in [0.15, 0.2) is 0 Å². The normalized spacial score (nSPS) is 13.7. The van der Waals surface area contributed by atoms with E-state index in [0.717, 1.165) is 29.4 Å². The Morgan fingerprint density at radius 3 is 3.20 bits per heavy atom. The van der Waals surface area contributed by atoms with Crippen molar-refractivity contribution in [1.82, 2.24) is 0 Å². The maximum Gasteiger partial charge on any atom is 0.372 e. The summed E-state index contributed by atoms with van der Waals surface area (Å²) in [6.07, 6.45) is 3.41. The number of hydrogen-bond acceptors (Lipinski definition) is 3. The molecule has 0 radical (unpaired) electrons. The molecule has 15 heavy (non-hydrogen) atoms. The summed E-state index contributed by atoms with van der Waals surface area (Å²) in [5.74, 6) is -0.132. The van der Waals surface area contributed by atoms with E-state index >= 15 is 0 Å². The first-order chi connectivity index (χ1) is 7.29. The Labute approximate surface area is 86.0 Å². The zero-order valence-electron chi connectivity index (χ0n) is 7.90. The summed E-state index contributed by atoms with van der Waals surface area (Å²) < 4.78 is 16.7. The van der Waals surface area contributed by atoms with Crippen molar-refractivity contribution in [2.45, 2.75) is 6.42 Å². The SMILES string of the molecule is O=C(/C=C/c1ccc2c(c1)CCO2)OF. The third-order valence-corrected chi connectivity index (χ3v) is 2.20. The van der Waals surface area contributed by atoms with E-state index in [1.54, 1.807) is 6.07 Å². The molecule has 0 spiro atoms. The van der Waals surface area contributed by atoms with Gasteiger partial charge >= 0.3 is 5.97 Å². The highest BCUT2D eigenvalue weighted by Crippen LogP contribution is 2.26. The van der Waals surface area contributed by atoms with Crippen molar-refractivity contribution in [3.8, 4) is 5.75 Å². The van der Waals surface area contributed by atoms with Crippen LogP contribution in [0.25, 0.3) is 6.08 Å². The number of benzene rings is 1. The summed E-state index contributed by atoms with van der Waals surface area (Å²) in [7, 11) is 0. The average Bonchev–Trinajstić information content (AvgIpc) is 2.72. The minimum absolute atomic E-state index is 0.690. The average molecular weight is 208 g/mol. The van der Waals surface area contributed by atoms with E-state index in [2.05, 4.69) is 4.94 Å². The maximum atomic E-state index is 11.4. The Morgan fingerprint density at radius 2 is 2.40 bits per heavy atom.